The number of hydrogen-bond donors (Lipinski definition) is 2. The summed E-state index contributed by atoms with van der Waals surface area (Å²) in [4.78, 5) is 26.2. The lowest BCUT2D eigenvalue weighted by atomic mass is 9.79. The molecule has 1 saturated carbocycles. The lowest BCUT2D eigenvalue weighted by Crippen LogP contribution is -2.53. The molecule has 2 aliphatic rings. The van der Waals surface area contributed by atoms with Gasteiger partial charge in [-0.1, -0.05) is 43.3 Å². The van der Waals surface area contributed by atoms with Crippen LogP contribution in [0.1, 0.15) is 43.9 Å². The number of amides is 2. The average Bonchev–Trinajstić information content (AvgIpc) is 3.53. The van der Waals surface area contributed by atoms with Crippen molar-refractivity contribution in [2.24, 2.45) is 11.8 Å². The Balaban J connectivity index is 1.52. The molecule has 1 fully saturated rings. The third-order valence-electron chi connectivity index (χ3n) is 6.86. The van der Waals surface area contributed by atoms with Crippen LogP contribution < -0.4 is 10.2 Å². The van der Waals surface area contributed by atoms with Crippen LogP contribution in [-0.2, 0) is 11.3 Å². The van der Waals surface area contributed by atoms with E-state index in [2.05, 4.69) is 22.5 Å². The van der Waals surface area contributed by atoms with Crippen LogP contribution in [0.3, 0.4) is 0 Å². The van der Waals surface area contributed by atoms with Gasteiger partial charge in [-0.25, -0.2) is 4.79 Å². The first-order valence-corrected chi connectivity index (χ1v) is 11.4. The molecule has 1 aromatic heterocycles. The van der Waals surface area contributed by atoms with Crippen LogP contribution in [0.2, 0.25) is 0 Å². The fraction of sp³-hybridized carbons (Fsp3) is 0.346. The molecule has 3 aromatic rings. The Kier molecular flexibility index (Phi) is 5.40. The maximum atomic E-state index is 12.7. The van der Waals surface area contributed by atoms with Gasteiger partial charge >= 0.3 is 6.09 Å². The summed E-state index contributed by atoms with van der Waals surface area (Å²) in [7, 11) is 0. The molecule has 1 aliphatic heterocycles. The highest BCUT2D eigenvalue weighted by atomic mass is 16.4. The summed E-state index contributed by atoms with van der Waals surface area (Å²) in [6, 6.07) is 15.7. The lowest BCUT2D eigenvalue weighted by Gasteiger charge is -2.45. The average molecular weight is 445 g/mol. The van der Waals surface area contributed by atoms with Gasteiger partial charge in [0.2, 0.25) is 5.91 Å². The van der Waals surface area contributed by atoms with Crippen LogP contribution in [0.4, 0.5) is 10.5 Å². The van der Waals surface area contributed by atoms with E-state index in [1.54, 1.807) is 6.92 Å². The number of nitrogens with one attached hydrogen (secondary N) is 1. The summed E-state index contributed by atoms with van der Waals surface area (Å²) in [5.74, 6) is 0.393. The summed E-state index contributed by atoms with van der Waals surface area (Å²) < 4.78 is 1.89. The number of aromatic nitrogens is 2. The van der Waals surface area contributed by atoms with E-state index in [1.165, 1.54) is 5.56 Å². The second-order valence-electron chi connectivity index (χ2n) is 9.19. The van der Waals surface area contributed by atoms with Gasteiger partial charge in [-0.2, -0.15) is 5.10 Å². The first kappa shape index (κ1) is 21.2. The summed E-state index contributed by atoms with van der Waals surface area (Å²) in [6.07, 6.45) is 4.92. The smallest absolute Gasteiger partial charge is 0.405 e. The molecule has 170 valence electrons. The van der Waals surface area contributed by atoms with Crippen LogP contribution >= 0.6 is 0 Å². The van der Waals surface area contributed by atoms with Gasteiger partial charge in [-0.3, -0.25) is 9.48 Å². The van der Waals surface area contributed by atoms with E-state index >= 15 is 0 Å². The first-order chi connectivity index (χ1) is 15.9. The number of fused-ring (bicyclic) bond motifs is 1. The molecule has 2 heterocycles. The Morgan fingerprint density at radius 3 is 2.55 bits per heavy atom. The fourth-order valence-corrected chi connectivity index (χ4v) is 5.25. The summed E-state index contributed by atoms with van der Waals surface area (Å²) in [5.41, 5.74) is 4.71. The number of nitrogens with zero attached hydrogens (tertiary/aromatic N) is 3. The van der Waals surface area contributed by atoms with Gasteiger partial charge in [-0.15, -0.1) is 0 Å². The molecule has 33 heavy (non-hydrogen) atoms. The zero-order chi connectivity index (χ0) is 23.1. The Bertz CT molecular complexity index is 1190. The first-order valence-electron chi connectivity index (χ1n) is 11.4. The van der Waals surface area contributed by atoms with Crippen LogP contribution in [0.25, 0.3) is 11.1 Å². The highest BCUT2D eigenvalue weighted by Crippen LogP contribution is 2.49. The minimum absolute atomic E-state index is 0.00259. The van der Waals surface area contributed by atoms with Crippen LogP contribution in [-0.4, -0.2) is 32.9 Å². The molecule has 5 rings (SSSR count). The molecule has 7 nitrogen and oxygen atoms in total. The lowest BCUT2D eigenvalue weighted by molar-refractivity contribution is -0.117. The highest BCUT2D eigenvalue weighted by Gasteiger charge is 2.47. The summed E-state index contributed by atoms with van der Waals surface area (Å²) >= 11 is 0. The quantitative estimate of drug-likeness (QED) is 0.598. The van der Waals surface area contributed by atoms with Gasteiger partial charge in [0, 0.05) is 36.3 Å². The van der Waals surface area contributed by atoms with E-state index < -0.39 is 6.09 Å². The van der Waals surface area contributed by atoms with Crippen LogP contribution in [0.5, 0.6) is 0 Å². The predicted molar refractivity (Wildman–Crippen MR) is 126 cm³/mol. The number of carboxylic acid groups (broad SMARTS) is 1. The van der Waals surface area contributed by atoms with Crippen molar-refractivity contribution in [1.29, 1.82) is 0 Å². The van der Waals surface area contributed by atoms with Crippen molar-refractivity contribution in [2.75, 3.05) is 4.90 Å². The standard InChI is InChI=1S/C26H28N4O3/c1-16-24(28-26(32)33)22-12-20(10-11-23(22)30(17(2)31)25(16)19-8-9-19)21-13-27-29(15-21)14-18-6-4-3-5-7-18/h3-7,10-13,15-16,19,24-25,28H,8-9,14H2,1-2H3,(H,32,33)/t16-,24-,25+/m1/s1. The second kappa shape index (κ2) is 8.39. The van der Waals surface area contributed by atoms with E-state index in [-0.39, 0.29) is 23.9 Å². The fourth-order valence-electron chi connectivity index (χ4n) is 5.25. The zero-order valence-corrected chi connectivity index (χ0v) is 18.8. The Labute approximate surface area is 193 Å². The largest absolute Gasteiger partial charge is 0.465 e. The van der Waals surface area contributed by atoms with Gasteiger partial charge in [0.25, 0.3) is 0 Å². The predicted octanol–water partition coefficient (Wildman–Crippen LogP) is 4.69. The maximum Gasteiger partial charge on any atom is 0.405 e. The molecular weight excluding hydrogens is 416 g/mol. The molecule has 0 radical (unpaired) electrons. The van der Waals surface area contributed by atoms with Crippen molar-refractivity contribution in [2.45, 2.75) is 45.3 Å². The second-order valence-corrected chi connectivity index (χ2v) is 9.19. The van der Waals surface area contributed by atoms with Crippen molar-refractivity contribution < 1.29 is 14.7 Å². The SMILES string of the molecule is CC(=O)N1c2ccc(-c3cnn(Cc4ccccc4)c3)cc2[C@H](NC(=O)O)[C@@H](C)[C@H]1C1CC1. The topological polar surface area (TPSA) is 87.5 Å². The number of carbonyl (C=O) groups excluding carboxylic acids is 1. The number of benzene rings is 2. The van der Waals surface area contributed by atoms with Crippen molar-refractivity contribution >= 4 is 17.7 Å². The molecule has 0 unspecified atom stereocenters. The molecule has 0 spiro atoms. The minimum Gasteiger partial charge on any atom is -0.465 e. The molecular formula is C26H28N4O3. The number of rotatable bonds is 5. The number of carbonyl (C=O) groups is 2. The van der Waals surface area contributed by atoms with Crippen molar-refractivity contribution in [3.8, 4) is 11.1 Å². The minimum atomic E-state index is -1.05. The summed E-state index contributed by atoms with van der Waals surface area (Å²) in [6.45, 7) is 4.32. The van der Waals surface area contributed by atoms with Crippen molar-refractivity contribution in [3.05, 3.63) is 72.1 Å². The van der Waals surface area contributed by atoms with E-state index in [0.29, 0.717) is 12.5 Å². The maximum absolute atomic E-state index is 12.7. The van der Waals surface area contributed by atoms with Crippen molar-refractivity contribution in [3.63, 3.8) is 0 Å². The van der Waals surface area contributed by atoms with Gasteiger partial charge in [-0.05, 0) is 47.6 Å². The highest BCUT2D eigenvalue weighted by molar-refractivity contribution is 5.94. The van der Waals surface area contributed by atoms with Gasteiger partial charge in [0.1, 0.15) is 0 Å². The molecule has 2 N–H and O–H groups in total. The molecule has 1 aliphatic carbocycles. The molecule has 7 heteroatoms. The van der Waals surface area contributed by atoms with Gasteiger partial charge < -0.3 is 15.3 Å². The summed E-state index contributed by atoms with van der Waals surface area (Å²) in [5, 5.41) is 16.8. The number of anilines is 1. The van der Waals surface area contributed by atoms with E-state index in [0.717, 1.165) is 35.2 Å². The molecule has 0 bridgehead atoms. The van der Waals surface area contributed by atoms with Gasteiger partial charge in [0.05, 0.1) is 18.8 Å². The zero-order valence-electron chi connectivity index (χ0n) is 18.8. The van der Waals surface area contributed by atoms with E-state index in [9.17, 15) is 14.7 Å². The molecule has 2 amide bonds. The Morgan fingerprint density at radius 2 is 1.88 bits per heavy atom. The van der Waals surface area contributed by atoms with Gasteiger partial charge in [0.15, 0.2) is 0 Å². The third-order valence-corrected chi connectivity index (χ3v) is 6.86. The monoisotopic (exact) mass is 444 g/mol. The van der Waals surface area contributed by atoms with Crippen LogP contribution in [0.15, 0.2) is 60.9 Å². The number of hydrogen-bond acceptors (Lipinski definition) is 3. The van der Waals surface area contributed by atoms with Crippen LogP contribution in [0, 0.1) is 11.8 Å². The van der Waals surface area contributed by atoms with Crippen molar-refractivity contribution in [1.82, 2.24) is 15.1 Å². The van der Waals surface area contributed by atoms with E-state index in [4.69, 9.17) is 0 Å². The molecule has 3 atom stereocenters. The molecule has 2 aromatic carbocycles. The normalized spacial score (nSPS) is 22.0. The van der Waals surface area contributed by atoms with E-state index in [1.807, 2.05) is 65.3 Å². The third kappa shape index (κ3) is 4.11. The Hall–Kier alpha value is -3.61. The Morgan fingerprint density at radius 1 is 1.12 bits per heavy atom. The molecule has 0 saturated heterocycles.